The number of hydrogen-bond acceptors (Lipinski definition) is 2. The van der Waals surface area contributed by atoms with Crippen molar-refractivity contribution in [3.63, 3.8) is 0 Å². The van der Waals surface area contributed by atoms with Crippen LogP contribution in [0.4, 0.5) is 4.79 Å². The summed E-state index contributed by atoms with van der Waals surface area (Å²) in [6.07, 6.45) is 2.85. The van der Waals surface area contributed by atoms with Gasteiger partial charge in [0.05, 0.1) is 29.7 Å². The standard InChI is InChI=1S/C32H31N5O/c1-3-28-27-22-36(32(38)33-21-24-18-16-23(2)17-19-24)30(25-11-6-4-7-12-25)29-15-10-20-35(29)31(27)37(34-28)26-13-8-5-9-14-26/h4-20,30H,3,21-22H2,1-2H3,(H,33,38)/t30-/m0/s1. The molecule has 1 N–H and O–H groups in total. The number of carbonyl (C=O) groups excluding carboxylic acids is 1. The first-order valence-corrected chi connectivity index (χ1v) is 13.1. The van der Waals surface area contributed by atoms with Crippen LogP contribution in [0, 0.1) is 6.92 Å². The predicted octanol–water partition coefficient (Wildman–Crippen LogP) is 6.35. The van der Waals surface area contributed by atoms with Crippen LogP contribution in [0.1, 0.15) is 46.6 Å². The Labute approximate surface area is 223 Å². The van der Waals surface area contributed by atoms with E-state index < -0.39 is 0 Å². The van der Waals surface area contributed by atoms with Gasteiger partial charge in [0.15, 0.2) is 0 Å². The van der Waals surface area contributed by atoms with E-state index in [1.54, 1.807) is 0 Å². The molecule has 0 saturated heterocycles. The number of rotatable bonds is 5. The van der Waals surface area contributed by atoms with Crippen molar-refractivity contribution in [2.75, 3.05) is 0 Å². The van der Waals surface area contributed by atoms with Gasteiger partial charge in [0.1, 0.15) is 5.82 Å². The van der Waals surface area contributed by atoms with Gasteiger partial charge in [-0.1, -0.05) is 85.3 Å². The summed E-state index contributed by atoms with van der Waals surface area (Å²) in [5.41, 5.74) is 7.43. The van der Waals surface area contributed by atoms with Gasteiger partial charge in [-0.2, -0.15) is 5.10 Å². The number of benzene rings is 3. The van der Waals surface area contributed by atoms with Crippen molar-refractivity contribution in [1.82, 2.24) is 24.6 Å². The van der Waals surface area contributed by atoms with Gasteiger partial charge in [0, 0.05) is 18.3 Å². The first-order chi connectivity index (χ1) is 18.6. The fraction of sp³-hybridized carbons (Fsp3) is 0.188. The van der Waals surface area contributed by atoms with Crippen molar-refractivity contribution in [3.8, 4) is 11.5 Å². The minimum Gasteiger partial charge on any atom is -0.334 e. The second kappa shape index (κ2) is 10.1. The van der Waals surface area contributed by atoms with Gasteiger partial charge in [0.2, 0.25) is 0 Å². The molecule has 2 amide bonds. The number of amides is 2. The predicted molar refractivity (Wildman–Crippen MR) is 150 cm³/mol. The van der Waals surface area contributed by atoms with Crippen molar-refractivity contribution in [2.45, 2.75) is 39.4 Å². The van der Waals surface area contributed by atoms with Gasteiger partial charge in [-0.05, 0) is 48.7 Å². The molecular formula is C32H31N5O. The summed E-state index contributed by atoms with van der Waals surface area (Å²) < 4.78 is 4.23. The summed E-state index contributed by atoms with van der Waals surface area (Å²) >= 11 is 0. The Morgan fingerprint density at radius 1 is 0.921 bits per heavy atom. The van der Waals surface area contributed by atoms with E-state index in [0.717, 1.165) is 46.0 Å². The fourth-order valence-corrected chi connectivity index (χ4v) is 5.32. The zero-order valence-corrected chi connectivity index (χ0v) is 21.7. The number of hydrogen-bond donors (Lipinski definition) is 1. The van der Waals surface area contributed by atoms with Gasteiger partial charge < -0.3 is 14.8 Å². The molecule has 0 saturated carbocycles. The molecule has 1 aliphatic heterocycles. The van der Waals surface area contributed by atoms with Crippen LogP contribution < -0.4 is 5.32 Å². The average Bonchev–Trinajstić information content (AvgIpc) is 3.54. The van der Waals surface area contributed by atoms with Crippen molar-refractivity contribution >= 4 is 6.03 Å². The molecule has 3 heterocycles. The smallest absolute Gasteiger partial charge is 0.318 e. The second-order valence-corrected chi connectivity index (χ2v) is 9.74. The molecule has 190 valence electrons. The number of carbonyl (C=O) groups is 1. The second-order valence-electron chi connectivity index (χ2n) is 9.74. The van der Waals surface area contributed by atoms with Crippen molar-refractivity contribution < 1.29 is 4.79 Å². The van der Waals surface area contributed by atoms with Crippen LogP contribution in [0.2, 0.25) is 0 Å². The molecule has 6 nitrogen and oxygen atoms in total. The Morgan fingerprint density at radius 2 is 1.63 bits per heavy atom. The number of para-hydroxylation sites is 1. The molecule has 0 unspecified atom stereocenters. The highest BCUT2D eigenvalue weighted by Crippen LogP contribution is 2.38. The lowest BCUT2D eigenvalue weighted by molar-refractivity contribution is 0.180. The van der Waals surface area contributed by atoms with Crippen LogP contribution in [0.3, 0.4) is 0 Å². The van der Waals surface area contributed by atoms with Crippen molar-refractivity contribution in [2.24, 2.45) is 0 Å². The van der Waals surface area contributed by atoms with Gasteiger partial charge in [-0.15, -0.1) is 0 Å². The van der Waals surface area contributed by atoms with E-state index in [9.17, 15) is 4.79 Å². The minimum absolute atomic E-state index is 0.102. The van der Waals surface area contributed by atoms with E-state index >= 15 is 0 Å². The molecule has 0 fully saturated rings. The third kappa shape index (κ3) is 4.28. The topological polar surface area (TPSA) is 55.1 Å². The summed E-state index contributed by atoms with van der Waals surface area (Å²) in [5.74, 6) is 0.989. The quantitative estimate of drug-likeness (QED) is 0.305. The Hall–Kier alpha value is -4.58. The lowest BCUT2D eigenvalue weighted by Gasteiger charge is -2.31. The Bertz CT molecular complexity index is 1550. The fourth-order valence-electron chi connectivity index (χ4n) is 5.32. The number of nitrogens with one attached hydrogen (secondary N) is 1. The number of nitrogens with zero attached hydrogens (tertiary/aromatic N) is 4. The molecule has 0 aliphatic carbocycles. The maximum atomic E-state index is 14.0. The van der Waals surface area contributed by atoms with Crippen LogP contribution in [-0.4, -0.2) is 25.3 Å². The van der Waals surface area contributed by atoms with Crippen LogP contribution in [0.15, 0.2) is 103 Å². The van der Waals surface area contributed by atoms with E-state index in [4.69, 9.17) is 5.10 Å². The number of aryl methyl sites for hydroxylation is 2. The molecule has 5 aromatic rings. The Morgan fingerprint density at radius 3 is 2.34 bits per heavy atom. The number of fused-ring (bicyclic) bond motifs is 3. The van der Waals surface area contributed by atoms with E-state index in [1.165, 1.54) is 5.56 Å². The zero-order chi connectivity index (χ0) is 26.1. The molecule has 3 aromatic carbocycles. The highest BCUT2D eigenvalue weighted by Gasteiger charge is 2.36. The molecule has 1 aliphatic rings. The SMILES string of the molecule is CCc1nn(-c2ccccc2)c2c1CN(C(=O)NCc1ccc(C)cc1)[C@@H](c1ccccc1)c1cccn1-2. The van der Waals surface area contributed by atoms with Crippen LogP contribution in [-0.2, 0) is 19.5 Å². The summed E-state index contributed by atoms with van der Waals surface area (Å²) in [6.45, 7) is 5.11. The van der Waals surface area contributed by atoms with E-state index in [-0.39, 0.29) is 12.1 Å². The average molecular weight is 502 g/mol. The molecule has 6 rings (SSSR count). The minimum atomic E-state index is -0.259. The molecule has 0 bridgehead atoms. The maximum absolute atomic E-state index is 14.0. The summed E-state index contributed by atoms with van der Waals surface area (Å²) in [4.78, 5) is 15.9. The van der Waals surface area contributed by atoms with Crippen LogP contribution in [0.25, 0.3) is 11.5 Å². The summed E-state index contributed by atoms with van der Waals surface area (Å²) in [7, 11) is 0. The Balaban J connectivity index is 1.48. The molecular weight excluding hydrogens is 470 g/mol. The summed E-state index contributed by atoms with van der Waals surface area (Å²) in [5, 5.41) is 8.23. The van der Waals surface area contributed by atoms with Crippen molar-refractivity contribution in [1.29, 1.82) is 0 Å². The van der Waals surface area contributed by atoms with E-state index in [2.05, 4.69) is 90.6 Å². The van der Waals surface area contributed by atoms with Crippen LogP contribution in [0.5, 0.6) is 0 Å². The third-order valence-electron chi connectivity index (χ3n) is 7.24. The highest BCUT2D eigenvalue weighted by atomic mass is 16.2. The third-order valence-corrected chi connectivity index (χ3v) is 7.24. The van der Waals surface area contributed by atoms with Gasteiger partial charge in [-0.3, -0.25) is 0 Å². The maximum Gasteiger partial charge on any atom is 0.318 e. The van der Waals surface area contributed by atoms with Crippen molar-refractivity contribution in [3.05, 3.63) is 137 Å². The lowest BCUT2D eigenvalue weighted by Crippen LogP contribution is -2.41. The Kier molecular flexibility index (Phi) is 6.30. The summed E-state index contributed by atoms with van der Waals surface area (Å²) in [6, 6.07) is 32.6. The molecule has 6 heteroatoms. The molecule has 0 radical (unpaired) electrons. The normalized spacial score (nSPS) is 14.5. The largest absolute Gasteiger partial charge is 0.334 e. The molecule has 2 aromatic heterocycles. The first kappa shape index (κ1) is 23.8. The number of aromatic nitrogens is 3. The monoisotopic (exact) mass is 501 g/mol. The molecule has 1 atom stereocenters. The molecule has 38 heavy (non-hydrogen) atoms. The van der Waals surface area contributed by atoms with Gasteiger partial charge in [0.25, 0.3) is 0 Å². The first-order valence-electron chi connectivity index (χ1n) is 13.1. The van der Waals surface area contributed by atoms with E-state index in [1.807, 2.05) is 46.0 Å². The van der Waals surface area contributed by atoms with Gasteiger partial charge in [-0.25, -0.2) is 9.48 Å². The highest BCUT2D eigenvalue weighted by molar-refractivity contribution is 5.76. The zero-order valence-electron chi connectivity index (χ0n) is 21.7. The molecule has 0 spiro atoms. The lowest BCUT2D eigenvalue weighted by atomic mass is 10.0. The number of urea groups is 1. The van der Waals surface area contributed by atoms with Gasteiger partial charge >= 0.3 is 6.03 Å². The van der Waals surface area contributed by atoms with Crippen LogP contribution >= 0.6 is 0 Å². The van der Waals surface area contributed by atoms with E-state index in [0.29, 0.717) is 13.1 Å².